The van der Waals surface area contributed by atoms with Crippen LogP contribution in [0, 0.1) is 17.8 Å². The number of rotatable bonds is 24. The fourth-order valence-electron chi connectivity index (χ4n) is 12.0. The maximum Gasteiger partial charge on any atom is 0.320 e. The SMILES string of the molecule is CNC(CCC(=O)O)C(=O)O.CNC(CCC(=O)O)C(=O)O.CNc1ccc(C(=O)CC(O)CCC(C)C2OC(=O)CC(O)CC(=O)CC(O)CC(O)CC(O)CC(O)CC3(O)CC(O)C(C(=O)NCCN(C)C)C(CC(O[C@@H]4O[C@H](C)[C@@H](O)[C@H]([NH3+])[C@@H]4O)/C=C/C=C/C=C/C=C/C=C/C=C/C=C/C2C)O3)cc1. The molecule has 1 aromatic carbocycles. The first kappa shape index (κ1) is 95.8. The summed E-state index contributed by atoms with van der Waals surface area (Å²) in [5.41, 5.74) is 5.21. The van der Waals surface area contributed by atoms with E-state index in [1.807, 2.05) is 45.0 Å². The normalized spacial score (nSPS) is 31.6. The number of anilines is 1. The molecule has 16 unspecified atom stereocenters. The number of fused-ring (bicyclic) bond motifs is 2. The quantitative estimate of drug-likeness (QED) is 0.0499. The van der Waals surface area contributed by atoms with Crippen molar-refractivity contribution in [3.05, 3.63) is 115 Å². The number of benzene rings is 1. The molecule has 1 aromatic rings. The summed E-state index contributed by atoms with van der Waals surface area (Å²) in [5, 5.41) is 155. The predicted molar refractivity (Wildman–Crippen MR) is 392 cm³/mol. The van der Waals surface area contributed by atoms with Crippen LogP contribution in [-0.4, -0.2) is 282 Å². The van der Waals surface area contributed by atoms with Gasteiger partial charge in [0.25, 0.3) is 0 Å². The fraction of sp³-hybridized carbons (Fsp3) is 0.627. The lowest BCUT2D eigenvalue weighted by molar-refractivity contribution is -0.488. The van der Waals surface area contributed by atoms with Crippen molar-refractivity contribution in [2.45, 2.75) is 233 Å². The van der Waals surface area contributed by atoms with E-state index in [2.05, 4.69) is 27.0 Å². The molecule has 1 amide bonds. The van der Waals surface area contributed by atoms with Crippen LogP contribution in [-0.2, 0) is 52.5 Å². The Bertz CT molecular complexity index is 3040. The van der Waals surface area contributed by atoms with Gasteiger partial charge in [-0.3, -0.25) is 38.4 Å². The summed E-state index contributed by atoms with van der Waals surface area (Å²) in [6.07, 6.45) is 3.89. The van der Waals surface area contributed by atoms with E-state index in [1.165, 1.54) is 14.1 Å². The van der Waals surface area contributed by atoms with Gasteiger partial charge in [-0.1, -0.05) is 98.9 Å². The molecular formula is C75H119N6O26+. The number of likely N-dealkylation sites (N-methyl/N-ethyl adjacent to an activating group) is 3. The van der Waals surface area contributed by atoms with Gasteiger partial charge in [-0.2, -0.15) is 0 Å². The Balaban J connectivity index is 0.00000151. The second kappa shape index (κ2) is 51.1. The van der Waals surface area contributed by atoms with Gasteiger partial charge < -0.3 is 122 Å². The lowest BCUT2D eigenvalue weighted by atomic mass is 9.82. The summed E-state index contributed by atoms with van der Waals surface area (Å²) in [5.74, 6) is -10.4. The minimum Gasteiger partial charge on any atom is -0.481 e. The molecule has 3 aliphatic rings. The van der Waals surface area contributed by atoms with Crippen LogP contribution in [0.2, 0.25) is 0 Å². The van der Waals surface area contributed by atoms with Crippen molar-refractivity contribution in [3.63, 3.8) is 0 Å². The Hall–Kier alpha value is -7.32. The van der Waals surface area contributed by atoms with Crippen molar-refractivity contribution >= 4 is 53.0 Å². The minimum atomic E-state index is -2.27. The van der Waals surface area contributed by atoms with Crippen molar-refractivity contribution in [1.82, 2.24) is 20.9 Å². The number of carbonyl (C=O) groups is 8. The molecule has 2 bridgehead atoms. The number of aliphatic carboxylic acids is 4. The molecule has 107 heavy (non-hydrogen) atoms. The Morgan fingerprint density at radius 1 is 0.645 bits per heavy atom. The molecule has 0 spiro atoms. The highest BCUT2D eigenvalue weighted by Gasteiger charge is 2.51. The maximum atomic E-state index is 13.8. The maximum absolute atomic E-state index is 13.8. The second-order valence-electron chi connectivity index (χ2n) is 27.5. The second-order valence-corrected chi connectivity index (χ2v) is 27.5. The number of nitrogens with one attached hydrogen (secondary N) is 4. The number of aliphatic hydroxyl groups excluding tert-OH is 9. The summed E-state index contributed by atoms with van der Waals surface area (Å²) < 4.78 is 24.4. The molecule has 2 saturated heterocycles. The van der Waals surface area contributed by atoms with Gasteiger partial charge in [0.15, 0.2) is 24.0 Å². The van der Waals surface area contributed by atoms with Gasteiger partial charge in [0.2, 0.25) is 5.91 Å². The Labute approximate surface area is 625 Å². The Kier molecular flexibility index (Phi) is 45.8. The lowest BCUT2D eigenvalue weighted by Crippen LogP contribution is -2.78. The third kappa shape index (κ3) is 39.1. The number of carboxylic acid groups (broad SMARTS) is 4. The van der Waals surface area contributed by atoms with Crippen LogP contribution in [0.5, 0.6) is 0 Å². The largest absolute Gasteiger partial charge is 0.481 e. The number of cyclic esters (lactones) is 1. The molecule has 32 nitrogen and oxygen atoms in total. The highest BCUT2D eigenvalue weighted by molar-refractivity contribution is 5.96. The summed E-state index contributed by atoms with van der Waals surface area (Å²) >= 11 is 0. The van der Waals surface area contributed by atoms with Crippen molar-refractivity contribution in [3.8, 4) is 0 Å². The zero-order valence-electron chi connectivity index (χ0n) is 62.5. The molecule has 2 fully saturated rings. The standard InChI is InChI=1S/C63H96N4O18.2C6H11NO4/c1-39-19-17-15-13-11-9-7-8-10-12-14-16-18-20-51(83-62-59(79)57(64)58(78)41(3)82-62)36-54-56(61(80)66-27-28-67(5)6)53(76)38-63(81,85-54)37-50(74)33-48(72)31-46(70)29-45(69)30-47(71)32-49(73)35-55(77)84-60(39)40(2)21-26-44(68)34-52(75)42-22-24-43(65-4)25-23-42;2*1-7-4(6(10)11)2-3-5(8)9/h7-20,22-25,39-41,44-46,48-51,53-54,56-60,62,65,68-70,72-74,76,78-79,81H,21,26-38,64H2,1-6H3,(H,66,80);2*4,7H,2-3H2,1H3,(H,8,9)(H,10,11)/p+1/b8-7+,11-9+,12-10+,15-13+,16-14+,19-17+,20-18+;;/t39?,40?,41-,44?,45?,46?,48?,49?,50?,51?,53?,54?,56?,57+,58-,59+,60?,62+,63?;;/m1../s1. The summed E-state index contributed by atoms with van der Waals surface area (Å²) in [7, 11) is 8.39. The average Bonchev–Trinajstić information content (AvgIpc) is 0.782. The third-order valence-electron chi connectivity index (χ3n) is 17.9. The zero-order valence-corrected chi connectivity index (χ0v) is 62.5. The molecule has 32 heteroatoms. The highest BCUT2D eigenvalue weighted by Crippen LogP contribution is 2.38. The smallest absolute Gasteiger partial charge is 0.320 e. The summed E-state index contributed by atoms with van der Waals surface area (Å²) in [6.45, 7) is 6.00. The topological polar surface area (TPSA) is 536 Å². The number of amides is 1. The Morgan fingerprint density at radius 2 is 1.15 bits per heavy atom. The molecule has 0 saturated carbocycles. The number of quaternary nitrogens is 1. The van der Waals surface area contributed by atoms with Crippen LogP contribution in [0.1, 0.15) is 134 Å². The molecule has 3 aliphatic heterocycles. The molecule has 3 heterocycles. The predicted octanol–water partition coefficient (Wildman–Crippen LogP) is 0.670. The molecular weight excluding hydrogens is 1400 g/mol. The number of esters is 1. The first-order chi connectivity index (χ1) is 50.4. The van der Waals surface area contributed by atoms with E-state index in [1.54, 1.807) is 111 Å². The van der Waals surface area contributed by atoms with Gasteiger partial charge >= 0.3 is 29.8 Å². The number of Topliss-reactive ketones (excluding diaryl/α,β-unsaturated/α-hetero) is 2. The van der Waals surface area contributed by atoms with Gasteiger partial charge in [-0.15, -0.1) is 0 Å². The third-order valence-corrected chi connectivity index (χ3v) is 17.9. The van der Waals surface area contributed by atoms with Gasteiger partial charge in [0, 0.05) is 88.7 Å². The highest BCUT2D eigenvalue weighted by atomic mass is 16.7. The van der Waals surface area contributed by atoms with E-state index < -0.39 is 196 Å². The number of carbonyl (C=O) groups excluding carboxylic acids is 4. The molecule has 4 rings (SSSR count). The van der Waals surface area contributed by atoms with Crippen molar-refractivity contribution < 1.29 is 135 Å². The van der Waals surface area contributed by atoms with Gasteiger partial charge in [-0.05, 0) is 110 Å². The minimum absolute atomic E-state index is 0.101. The van der Waals surface area contributed by atoms with E-state index in [0.717, 1.165) is 5.69 Å². The van der Waals surface area contributed by atoms with Crippen molar-refractivity contribution in [1.29, 1.82) is 0 Å². The number of hydrogen-bond donors (Lipinski definition) is 19. The van der Waals surface area contributed by atoms with E-state index in [4.69, 9.17) is 39.4 Å². The number of ketones is 2. The zero-order chi connectivity index (χ0) is 80.5. The van der Waals surface area contributed by atoms with Crippen molar-refractivity contribution in [2.75, 3.05) is 53.6 Å². The average molecular weight is 1520 g/mol. The van der Waals surface area contributed by atoms with Crippen LogP contribution in [0.4, 0.5) is 5.69 Å². The van der Waals surface area contributed by atoms with Crippen LogP contribution in [0.3, 0.4) is 0 Å². The lowest BCUT2D eigenvalue weighted by Gasteiger charge is -2.45. The van der Waals surface area contributed by atoms with Crippen LogP contribution in [0.15, 0.2) is 109 Å². The summed E-state index contributed by atoms with van der Waals surface area (Å²) in [6, 6.07) is 4.51. The number of ether oxygens (including phenoxy) is 4. The molecule has 21 atom stereocenters. The number of carboxylic acids is 4. The van der Waals surface area contributed by atoms with Crippen molar-refractivity contribution in [2.24, 2.45) is 17.8 Å². The van der Waals surface area contributed by atoms with E-state index >= 15 is 0 Å². The van der Waals surface area contributed by atoms with E-state index in [-0.39, 0.29) is 82.0 Å². The fourth-order valence-corrected chi connectivity index (χ4v) is 12.0. The molecule has 604 valence electrons. The monoisotopic (exact) mass is 1520 g/mol. The van der Waals surface area contributed by atoms with Crippen LogP contribution < -0.4 is 27.0 Å². The summed E-state index contributed by atoms with van der Waals surface area (Å²) in [4.78, 5) is 95.7. The first-order valence-electron chi connectivity index (χ1n) is 36.0. The van der Waals surface area contributed by atoms with E-state index in [0.29, 0.717) is 18.5 Å². The molecule has 0 aliphatic carbocycles. The molecule has 0 aromatic heterocycles. The number of nitrogens with zero attached hydrogens (tertiary/aromatic N) is 1. The van der Waals surface area contributed by atoms with Gasteiger partial charge in [-0.25, -0.2) is 0 Å². The van der Waals surface area contributed by atoms with E-state index in [9.17, 15) is 89.4 Å². The molecule has 21 N–H and O–H groups in total. The van der Waals surface area contributed by atoms with Crippen LogP contribution >= 0.6 is 0 Å². The van der Waals surface area contributed by atoms with Crippen LogP contribution in [0.25, 0.3) is 0 Å². The molecule has 0 radical (unpaired) electrons. The first-order valence-corrected chi connectivity index (χ1v) is 36.0. The number of allylic oxidation sites excluding steroid dienone is 12. The van der Waals surface area contributed by atoms with Gasteiger partial charge in [0.1, 0.15) is 36.1 Å². The van der Waals surface area contributed by atoms with Gasteiger partial charge in [0.05, 0.1) is 73.4 Å². The Morgan fingerprint density at radius 3 is 1.65 bits per heavy atom. The number of hydrogen-bond acceptors (Lipinski definition) is 26. The number of aliphatic hydroxyl groups is 10.